The summed E-state index contributed by atoms with van der Waals surface area (Å²) >= 11 is 5.29. The Morgan fingerprint density at radius 2 is 2.64 bits per heavy atom. The monoisotopic (exact) mass is 175 g/mol. The van der Waals surface area contributed by atoms with E-state index in [0.717, 1.165) is 6.39 Å². The van der Waals surface area contributed by atoms with E-state index in [1.165, 1.54) is 6.26 Å². The summed E-state index contributed by atoms with van der Waals surface area (Å²) in [5.74, 6) is -0.233. The van der Waals surface area contributed by atoms with Crippen LogP contribution in [-0.4, -0.2) is 23.4 Å². The summed E-state index contributed by atoms with van der Waals surface area (Å²) < 4.78 is 9.21. The van der Waals surface area contributed by atoms with Crippen LogP contribution in [-0.2, 0) is 4.74 Å². The molecule has 0 atom stereocenters. The van der Waals surface area contributed by atoms with Crippen LogP contribution in [0.1, 0.15) is 10.5 Å². The molecule has 1 heterocycles. The second-order valence-electron chi connectivity index (χ2n) is 1.70. The van der Waals surface area contributed by atoms with Crippen LogP contribution < -0.4 is 0 Å². The van der Waals surface area contributed by atoms with E-state index in [9.17, 15) is 4.79 Å². The van der Waals surface area contributed by atoms with Crippen LogP contribution in [0.25, 0.3) is 0 Å². The lowest BCUT2D eigenvalue weighted by atomic mass is 10.5. The Morgan fingerprint density at radius 1 is 1.82 bits per heavy atom. The number of ether oxygens (including phenoxy) is 1. The molecule has 0 aliphatic heterocycles. The minimum atomic E-state index is -0.514. The normalized spacial score (nSPS) is 9.55. The lowest BCUT2D eigenvalue weighted by molar-refractivity contribution is 0.0522. The minimum Gasteiger partial charge on any atom is -0.460 e. The molecule has 0 unspecified atom stereocenters. The first-order valence-electron chi connectivity index (χ1n) is 2.96. The first-order chi connectivity index (χ1) is 5.34. The summed E-state index contributed by atoms with van der Waals surface area (Å²) in [6.07, 6.45) is 2.38. The molecule has 0 fully saturated rings. The molecule has 0 bridgehead atoms. The lowest BCUT2D eigenvalue weighted by Gasteiger charge is -1.96. The number of esters is 1. The predicted molar refractivity (Wildman–Crippen MR) is 37.5 cm³/mol. The van der Waals surface area contributed by atoms with Gasteiger partial charge >= 0.3 is 5.97 Å². The van der Waals surface area contributed by atoms with Crippen LogP contribution in [0.2, 0.25) is 0 Å². The third-order valence-corrected chi connectivity index (χ3v) is 1.11. The zero-order valence-electron chi connectivity index (χ0n) is 5.62. The Balaban J connectivity index is 2.43. The number of halogens is 1. The molecule has 1 aromatic heterocycles. The van der Waals surface area contributed by atoms with Gasteiger partial charge in [-0.25, -0.2) is 9.78 Å². The number of nitrogens with zero attached hydrogens (tertiary/aromatic N) is 1. The summed E-state index contributed by atoms with van der Waals surface area (Å²) in [4.78, 5) is 14.4. The molecule has 11 heavy (non-hydrogen) atoms. The zero-order valence-corrected chi connectivity index (χ0v) is 6.37. The van der Waals surface area contributed by atoms with Crippen LogP contribution in [0.3, 0.4) is 0 Å². The van der Waals surface area contributed by atoms with Gasteiger partial charge in [-0.05, 0) is 0 Å². The van der Waals surface area contributed by atoms with Crippen molar-refractivity contribution in [3.05, 3.63) is 18.4 Å². The van der Waals surface area contributed by atoms with Gasteiger partial charge < -0.3 is 9.15 Å². The van der Waals surface area contributed by atoms with Gasteiger partial charge in [-0.15, -0.1) is 11.6 Å². The predicted octanol–water partition coefficient (Wildman–Crippen LogP) is 1.07. The van der Waals surface area contributed by atoms with Gasteiger partial charge in [0.05, 0.1) is 5.88 Å². The summed E-state index contributed by atoms with van der Waals surface area (Å²) in [7, 11) is 0. The molecule has 60 valence electrons. The summed E-state index contributed by atoms with van der Waals surface area (Å²) in [6.45, 7) is 0.188. The number of hydrogen-bond acceptors (Lipinski definition) is 4. The first kappa shape index (κ1) is 8.07. The van der Waals surface area contributed by atoms with Crippen molar-refractivity contribution < 1.29 is 13.9 Å². The third kappa shape index (κ3) is 2.23. The molecule has 0 radical (unpaired) electrons. The number of carbonyl (C=O) groups is 1. The summed E-state index contributed by atoms with van der Waals surface area (Å²) in [6, 6.07) is 0. The van der Waals surface area contributed by atoms with Crippen LogP contribution >= 0.6 is 11.6 Å². The maximum atomic E-state index is 10.9. The van der Waals surface area contributed by atoms with E-state index in [2.05, 4.69) is 14.1 Å². The Hall–Kier alpha value is -1.03. The molecule has 0 amide bonds. The number of carbonyl (C=O) groups excluding carboxylic acids is 1. The standard InChI is InChI=1S/C6H6ClNO3/c7-1-2-11-6(9)5-3-10-4-8-5/h3-4H,1-2H2. The lowest BCUT2D eigenvalue weighted by Crippen LogP contribution is -2.07. The maximum absolute atomic E-state index is 10.9. The smallest absolute Gasteiger partial charge is 0.360 e. The van der Waals surface area contributed by atoms with Crippen molar-refractivity contribution >= 4 is 17.6 Å². The number of alkyl halides is 1. The first-order valence-corrected chi connectivity index (χ1v) is 3.49. The highest BCUT2D eigenvalue weighted by Gasteiger charge is 2.08. The fraction of sp³-hybridized carbons (Fsp3) is 0.333. The van der Waals surface area contributed by atoms with E-state index in [1.807, 2.05) is 0 Å². The Bertz CT molecular complexity index is 222. The topological polar surface area (TPSA) is 52.3 Å². The second-order valence-corrected chi connectivity index (χ2v) is 2.08. The van der Waals surface area contributed by atoms with Crippen molar-refractivity contribution in [2.45, 2.75) is 0 Å². The molecule has 0 aromatic carbocycles. The van der Waals surface area contributed by atoms with Crippen molar-refractivity contribution in [1.29, 1.82) is 0 Å². The molecule has 1 aromatic rings. The van der Waals surface area contributed by atoms with Crippen LogP contribution in [0.15, 0.2) is 17.1 Å². The largest absolute Gasteiger partial charge is 0.460 e. The molecule has 0 saturated heterocycles. The third-order valence-electron chi connectivity index (χ3n) is 0.952. The van der Waals surface area contributed by atoms with E-state index in [-0.39, 0.29) is 18.2 Å². The minimum absolute atomic E-state index is 0.162. The zero-order chi connectivity index (χ0) is 8.10. The number of aromatic nitrogens is 1. The molecule has 0 saturated carbocycles. The number of rotatable bonds is 3. The highest BCUT2D eigenvalue weighted by atomic mass is 35.5. The molecule has 5 heteroatoms. The Kier molecular flexibility index (Phi) is 2.92. The number of hydrogen-bond donors (Lipinski definition) is 0. The van der Waals surface area contributed by atoms with Gasteiger partial charge in [0.15, 0.2) is 12.1 Å². The average molecular weight is 176 g/mol. The van der Waals surface area contributed by atoms with Gasteiger partial charge in [0.25, 0.3) is 0 Å². The average Bonchev–Trinajstić information content (AvgIpc) is 2.52. The second kappa shape index (κ2) is 3.98. The fourth-order valence-electron chi connectivity index (χ4n) is 0.519. The fourth-order valence-corrected chi connectivity index (χ4v) is 0.596. The molecule has 1 rings (SSSR count). The molecular formula is C6H6ClNO3. The number of oxazole rings is 1. The van der Waals surface area contributed by atoms with Crippen molar-refractivity contribution in [3.63, 3.8) is 0 Å². The van der Waals surface area contributed by atoms with Gasteiger partial charge in [-0.2, -0.15) is 0 Å². The quantitative estimate of drug-likeness (QED) is 0.509. The van der Waals surface area contributed by atoms with Gasteiger partial charge in [-0.1, -0.05) is 0 Å². The van der Waals surface area contributed by atoms with Crippen molar-refractivity contribution in [2.75, 3.05) is 12.5 Å². The molecule has 0 spiro atoms. The van der Waals surface area contributed by atoms with E-state index < -0.39 is 5.97 Å². The molecule has 0 aliphatic rings. The van der Waals surface area contributed by atoms with Crippen molar-refractivity contribution in [2.24, 2.45) is 0 Å². The van der Waals surface area contributed by atoms with Gasteiger partial charge in [0.2, 0.25) is 0 Å². The molecule has 4 nitrogen and oxygen atoms in total. The van der Waals surface area contributed by atoms with E-state index in [4.69, 9.17) is 11.6 Å². The summed E-state index contributed by atoms with van der Waals surface area (Å²) in [5, 5.41) is 0. The van der Waals surface area contributed by atoms with Crippen LogP contribution in [0, 0.1) is 0 Å². The van der Waals surface area contributed by atoms with E-state index in [1.54, 1.807) is 0 Å². The van der Waals surface area contributed by atoms with Crippen molar-refractivity contribution in [3.8, 4) is 0 Å². The van der Waals surface area contributed by atoms with Gasteiger partial charge in [0, 0.05) is 0 Å². The SMILES string of the molecule is O=C(OCCCl)c1cocn1. The van der Waals surface area contributed by atoms with Crippen LogP contribution in [0.5, 0.6) is 0 Å². The van der Waals surface area contributed by atoms with Crippen molar-refractivity contribution in [1.82, 2.24) is 4.98 Å². The highest BCUT2D eigenvalue weighted by Crippen LogP contribution is 1.97. The van der Waals surface area contributed by atoms with E-state index in [0.29, 0.717) is 0 Å². The molecular weight excluding hydrogens is 170 g/mol. The van der Waals surface area contributed by atoms with Gasteiger partial charge in [-0.3, -0.25) is 0 Å². The highest BCUT2D eigenvalue weighted by molar-refractivity contribution is 6.18. The molecule has 0 N–H and O–H groups in total. The van der Waals surface area contributed by atoms with Crippen LogP contribution in [0.4, 0.5) is 0 Å². The van der Waals surface area contributed by atoms with E-state index >= 15 is 0 Å². The Morgan fingerprint density at radius 3 is 3.18 bits per heavy atom. The Labute approximate surface area is 68.1 Å². The van der Waals surface area contributed by atoms with Gasteiger partial charge in [0.1, 0.15) is 12.9 Å². The summed E-state index contributed by atoms with van der Waals surface area (Å²) in [5.41, 5.74) is 0.162. The maximum Gasteiger partial charge on any atom is 0.360 e. The molecule has 0 aliphatic carbocycles.